The maximum Gasteiger partial charge on any atom is 0.216 e. The standard InChI is InChI=1S/C22H21N3O2S/c26-28(27,17-19-11-5-2-6-12-19)23-15-21-20-13-7-8-14-22(20)25(24-21)16-18-9-3-1-4-10-18/h1-14,23H,15-17H2. The first kappa shape index (κ1) is 18.4. The Morgan fingerprint density at radius 2 is 1.39 bits per heavy atom. The van der Waals surface area contributed by atoms with Crippen LogP contribution in [0.15, 0.2) is 84.9 Å². The van der Waals surface area contributed by atoms with Gasteiger partial charge in [-0.3, -0.25) is 4.68 Å². The Morgan fingerprint density at radius 3 is 2.11 bits per heavy atom. The molecule has 6 heteroatoms. The SMILES string of the molecule is O=S(=O)(Cc1ccccc1)NCc1nn(Cc2ccccc2)c2ccccc12. The van der Waals surface area contributed by atoms with Crippen LogP contribution in [0, 0.1) is 0 Å². The summed E-state index contributed by atoms with van der Waals surface area (Å²) in [6, 6.07) is 27.1. The number of hydrogen-bond acceptors (Lipinski definition) is 3. The zero-order valence-corrected chi connectivity index (χ0v) is 16.1. The van der Waals surface area contributed by atoms with Gasteiger partial charge >= 0.3 is 0 Å². The van der Waals surface area contributed by atoms with Crippen molar-refractivity contribution in [1.29, 1.82) is 0 Å². The first-order valence-electron chi connectivity index (χ1n) is 9.10. The predicted molar refractivity (Wildman–Crippen MR) is 111 cm³/mol. The van der Waals surface area contributed by atoms with Gasteiger partial charge in [0, 0.05) is 5.39 Å². The molecule has 0 saturated heterocycles. The second kappa shape index (κ2) is 7.96. The number of sulfonamides is 1. The number of nitrogens with one attached hydrogen (secondary N) is 1. The molecule has 0 bridgehead atoms. The first-order chi connectivity index (χ1) is 13.6. The molecule has 1 heterocycles. The summed E-state index contributed by atoms with van der Waals surface area (Å²) in [5.74, 6) is -0.0451. The lowest BCUT2D eigenvalue weighted by Crippen LogP contribution is -2.25. The molecule has 1 aromatic heterocycles. The van der Waals surface area contributed by atoms with Gasteiger partial charge in [0.1, 0.15) is 0 Å². The summed E-state index contributed by atoms with van der Waals surface area (Å²) in [7, 11) is -3.45. The average Bonchev–Trinajstić information content (AvgIpc) is 3.06. The molecule has 4 aromatic rings. The van der Waals surface area contributed by atoms with Crippen molar-refractivity contribution in [3.8, 4) is 0 Å². The van der Waals surface area contributed by atoms with Crippen molar-refractivity contribution in [2.75, 3.05) is 0 Å². The van der Waals surface area contributed by atoms with Gasteiger partial charge in [-0.25, -0.2) is 13.1 Å². The number of fused-ring (bicyclic) bond motifs is 1. The van der Waals surface area contributed by atoms with Gasteiger partial charge in [-0.1, -0.05) is 78.9 Å². The Balaban J connectivity index is 1.55. The van der Waals surface area contributed by atoms with Crippen LogP contribution in [0.5, 0.6) is 0 Å². The van der Waals surface area contributed by atoms with Crippen molar-refractivity contribution in [1.82, 2.24) is 14.5 Å². The number of hydrogen-bond donors (Lipinski definition) is 1. The third-order valence-corrected chi connectivity index (χ3v) is 5.87. The largest absolute Gasteiger partial charge is 0.260 e. The molecule has 3 aromatic carbocycles. The molecule has 5 nitrogen and oxygen atoms in total. The van der Waals surface area contributed by atoms with Crippen LogP contribution >= 0.6 is 0 Å². The van der Waals surface area contributed by atoms with Crippen LogP contribution in [-0.4, -0.2) is 18.2 Å². The molecule has 0 fully saturated rings. The summed E-state index contributed by atoms with van der Waals surface area (Å²) in [4.78, 5) is 0. The van der Waals surface area contributed by atoms with Gasteiger partial charge in [-0.05, 0) is 17.2 Å². The van der Waals surface area contributed by atoms with Crippen molar-refractivity contribution >= 4 is 20.9 Å². The van der Waals surface area contributed by atoms with Gasteiger partial charge in [0.15, 0.2) is 0 Å². The monoisotopic (exact) mass is 391 g/mol. The van der Waals surface area contributed by atoms with E-state index >= 15 is 0 Å². The van der Waals surface area contributed by atoms with E-state index in [9.17, 15) is 8.42 Å². The Morgan fingerprint density at radius 1 is 0.786 bits per heavy atom. The van der Waals surface area contributed by atoms with E-state index in [1.54, 1.807) is 0 Å². The zero-order chi connectivity index (χ0) is 19.4. The van der Waals surface area contributed by atoms with Crippen LogP contribution in [0.25, 0.3) is 10.9 Å². The number of rotatable bonds is 7. The van der Waals surface area contributed by atoms with Crippen LogP contribution in [0.3, 0.4) is 0 Å². The van der Waals surface area contributed by atoms with Crippen LogP contribution in [0.4, 0.5) is 0 Å². The predicted octanol–water partition coefficient (Wildman–Crippen LogP) is 3.70. The summed E-state index contributed by atoms with van der Waals surface area (Å²) >= 11 is 0. The van der Waals surface area contributed by atoms with E-state index in [0.717, 1.165) is 27.7 Å². The van der Waals surface area contributed by atoms with Crippen molar-refractivity contribution < 1.29 is 8.42 Å². The Labute approximate surface area is 164 Å². The smallest absolute Gasteiger partial charge is 0.216 e. The summed E-state index contributed by atoms with van der Waals surface area (Å²) in [5, 5.41) is 5.64. The summed E-state index contributed by atoms with van der Waals surface area (Å²) < 4.78 is 29.5. The summed E-state index contributed by atoms with van der Waals surface area (Å²) in [6.07, 6.45) is 0. The maximum absolute atomic E-state index is 12.5. The highest BCUT2D eigenvalue weighted by Crippen LogP contribution is 2.20. The number of para-hydroxylation sites is 1. The van der Waals surface area contributed by atoms with E-state index in [-0.39, 0.29) is 12.3 Å². The second-order valence-corrected chi connectivity index (χ2v) is 8.48. The van der Waals surface area contributed by atoms with E-state index in [2.05, 4.69) is 22.0 Å². The molecule has 0 atom stereocenters. The molecule has 0 saturated carbocycles. The fourth-order valence-electron chi connectivity index (χ4n) is 3.23. The lowest BCUT2D eigenvalue weighted by molar-refractivity contribution is 0.578. The van der Waals surface area contributed by atoms with Crippen molar-refractivity contribution in [3.63, 3.8) is 0 Å². The van der Waals surface area contributed by atoms with Gasteiger partial charge in [0.2, 0.25) is 10.0 Å². The molecule has 142 valence electrons. The fourth-order valence-corrected chi connectivity index (χ4v) is 4.32. The minimum Gasteiger partial charge on any atom is -0.260 e. The molecule has 0 radical (unpaired) electrons. The summed E-state index contributed by atoms with van der Waals surface area (Å²) in [6.45, 7) is 0.801. The van der Waals surface area contributed by atoms with Crippen LogP contribution in [-0.2, 0) is 28.9 Å². The molecule has 0 spiro atoms. The van der Waals surface area contributed by atoms with Crippen molar-refractivity contribution in [3.05, 3.63) is 102 Å². The van der Waals surface area contributed by atoms with E-state index in [1.165, 1.54) is 0 Å². The van der Waals surface area contributed by atoms with Crippen LogP contribution < -0.4 is 4.72 Å². The number of benzene rings is 3. The highest BCUT2D eigenvalue weighted by atomic mass is 32.2. The van der Waals surface area contributed by atoms with Crippen molar-refractivity contribution in [2.45, 2.75) is 18.8 Å². The fraction of sp³-hybridized carbons (Fsp3) is 0.136. The third-order valence-electron chi connectivity index (χ3n) is 4.57. The van der Waals surface area contributed by atoms with Gasteiger partial charge in [-0.15, -0.1) is 0 Å². The molecule has 0 aliphatic heterocycles. The highest BCUT2D eigenvalue weighted by Gasteiger charge is 2.15. The minimum absolute atomic E-state index is 0.0451. The molecular formula is C22H21N3O2S. The third kappa shape index (κ3) is 4.30. The normalized spacial score (nSPS) is 11.7. The maximum atomic E-state index is 12.5. The Bertz CT molecular complexity index is 1170. The van der Waals surface area contributed by atoms with E-state index in [1.807, 2.05) is 77.5 Å². The van der Waals surface area contributed by atoms with E-state index in [4.69, 9.17) is 0 Å². The minimum atomic E-state index is -3.45. The molecule has 0 amide bonds. The molecule has 0 unspecified atom stereocenters. The summed E-state index contributed by atoms with van der Waals surface area (Å²) in [5.41, 5.74) is 3.62. The van der Waals surface area contributed by atoms with E-state index < -0.39 is 10.0 Å². The topological polar surface area (TPSA) is 64.0 Å². The molecular weight excluding hydrogens is 370 g/mol. The molecule has 4 rings (SSSR count). The lowest BCUT2D eigenvalue weighted by atomic mass is 10.2. The average molecular weight is 391 g/mol. The molecule has 28 heavy (non-hydrogen) atoms. The molecule has 0 aliphatic rings. The van der Waals surface area contributed by atoms with Crippen LogP contribution in [0.2, 0.25) is 0 Å². The first-order valence-corrected chi connectivity index (χ1v) is 10.8. The molecule has 1 N–H and O–H groups in total. The number of nitrogens with zero attached hydrogens (tertiary/aromatic N) is 2. The van der Waals surface area contributed by atoms with Gasteiger partial charge in [0.05, 0.1) is 30.1 Å². The Hall–Kier alpha value is -2.96. The molecule has 0 aliphatic carbocycles. The Kier molecular flexibility index (Phi) is 5.23. The highest BCUT2D eigenvalue weighted by molar-refractivity contribution is 7.88. The van der Waals surface area contributed by atoms with E-state index in [0.29, 0.717) is 6.54 Å². The second-order valence-electron chi connectivity index (χ2n) is 6.67. The quantitative estimate of drug-likeness (QED) is 0.522. The van der Waals surface area contributed by atoms with Gasteiger partial charge < -0.3 is 0 Å². The van der Waals surface area contributed by atoms with Crippen molar-refractivity contribution in [2.24, 2.45) is 0 Å². The van der Waals surface area contributed by atoms with Crippen LogP contribution in [0.1, 0.15) is 16.8 Å². The number of aromatic nitrogens is 2. The van der Waals surface area contributed by atoms with Gasteiger partial charge in [-0.2, -0.15) is 5.10 Å². The lowest BCUT2D eigenvalue weighted by Gasteiger charge is -2.06. The van der Waals surface area contributed by atoms with Gasteiger partial charge in [0.25, 0.3) is 0 Å². The zero-order valence-electron chi connectivity index (χ0n) is 15.3.